The maximum Gasteiger partial charge on any atom is 0.191 e. The number of hydrogen-bond acceptors (Lipinski definition) is 4. The number of rotatable bonds is 9. The van der Waals surface area contributed by atoms with E-state index in [1.165, 1.54) is 12.8 Å². The van der Waals surface area contributed by atoms with Crippen molar-refractivity contribution in [1.82, 2.24) is 10.6 Å². The van der Waals surface area contributed by atoms with Gasteiger partial charge in [0.2, 0.25) is 0 Å². The molecule has 1 aliphatic carbocycles. The second-order valence-corrected chi connectivity index (χ2v) is 6.96. The zero-order chi connectivity index (χ0) is 19.8. The van der Waals surface area contributed by atoms with Crippen LogP contribution in [0, 0.1) is 5.92 Å². The lowest BCUT2D eigenvalue weighted by Gasteiger charge is -2.15. The van der Waals surface area contributed by atoms with Gasteiger partial charge in [-0.3, -0.25) is 4.99 Å². The Balaban J connectivity index is 0.00000300. The van der Waals surface area contributed by atoms with E-state index < -0.39 is 0 Å². The molecule has 158 valence electrons. The number of nitrogens with zero attached hydrogens (tertiary/aromatic N) is 1. The minimum Gasteiger partial charge on any atom is -0.508 e. The number of para-hydroxylation sites is 1. The Morgan fingerprint density at radius 2 is 1.93 bits per heavy atom. The number of hydrogen-bond donors (Lipinski definition) is 3. The molecule has 2 aromatic rings. The maximum absolute atomic E-state index is 10.1. The van der Waals surface area contributed by atoms with Crippen LogP contribution in [0.3, 0.4) is 0 Å². The Kier molecular flexibility index (Phi) is 9.37. The van der Waals surface area contributed by atoms with Crippen LogP contribution in [0.4, 0.5) is 0 Å². The van der Waals surface area contributed by atoms with Crippen molar-refractivity contribution >= 4 is 29.9 Å². The minimum absolute atomic E-state index is 0. The molecule has 29 heavy (non-hydrogen) atoms. The summed E-state index contributed by atoms with van der Waals surface area (Å²) in [5.41, 5.74) is 1.97. The lowest BCUT2D eigenvalue weighted by atomic mass is 10.1. The molecule has 3 N–H and O–H groups in total. The van der Waals surface area contributed by atoms with Crippen molar-refractivity contribution in [1.29, 1.82) is 0 Å². The van der Waals surface area contributed by atoms with Gasteiger partial charge in [-0.1, -0.05) is 24.3 Å². The third-order valence-electron chi connectivity index (χ3n) is 4.79. The van der Waals surface area contributed by atoms with Crippen molar-refractivity contribution in [3.8, 4) is 17.2 Å². The quantitative estimate of drug-likeness (QED) is 0.272. The largest absolute Gasteiger partial charge is 0.508 e. The molecule has 1 saturated carbocycles. The normalized spacial score (nSPS) is 13.4. The molecule has 0 bridgehead atoms. The molecule has 0 unspecified atom stereocenters. The van der Waals surface area contributed by atoms with E-state index in [1.807, 2.05) is 30.3 Å². The zero-order valence-corrected chi connectivity index (χ0v) is 19.3. The second kappa shape index (κ2) is 11.7. The molecule has 0 aromatic heterocycles. The number of phenols is 1. The van der Waals surface area contributed by atoms with Crippen LogP contribution < -0.4 is 20.1 Å². The van der Waals surface area contributed by atoms with Crippen molar-refractivity contribution in [2.24, 2.45) is 10.9 Å². The zero-order valence-electron chi connectivity index (χ0n) is 17.0. The first-order chi connectivity index (χ1) is 13.7. The van der Waals surface area contributed by atoms with E-state index in [9.17, 15) is 5.11 Å². The molecule has 1 fully saturated rings. The summed E-state index contributed by atoms with van der Waals surface area (Å²) >= 11 is 0. The van der Waals surface area contributed by atoms with Crippen molar-refractivity contribution in [2.45, 2.75) is 25.8 Å². The van der Waals surface area contributed by atoms with E-state index in [4.69, 9.17) is 9.47 Å². The van der Waals surface area contributed by atoms with Gasteiger partial charge in [0.15, 0.2) is 5.96 Å². The van der Waals surface area contributed by atoms with Gasteiger partial charge in [-0.2, -0.15) is 0 Å². The second-order valence-electron chi connectivity index (χ2n) is 6.96. The van der Waals surface area contributed by atoms with Crippen LogP contribution in [0.1, 0.15) is 24.0 Å². The average Bonchev–Trinajstić information content (AvgIpc) is 3.55. The molecule has 3 rings (SSSR count). The molecular formula is C22H30IN3O3. The predicted octanol–water partition coefficient (Wildman–Crippen LogP) is 3.72. The van der Waals surface area contributed by atoms with E-state index in [2.05, 4.69) is 21.7 Å². The van der Waals surface area contributed by atoms with Crippen LogP contribution in [0.25, 0.3) is 0 Å². The molecule has 0 amide bonds. The Hall–Kier alpha value is -2.16. The van der Waals surface area contributed by atoms with E-state index >= 15 is 0 Å². The molecule has 0 atom stereocenters. The van der Waals surface area contributed by atoms with Gasteiger partial charge < -0.3 is 25.2 Å². The summed E-state index contributed by atoms with van der Waals surface area (Å²) in [6.45, 7) is 2.09. The highest BCUT2D eigenvalue weighted by atomic mass is 127. The van der Waals surface area contributed by atoms with E-state index in [1.54, 1.807) is 20.2 Å². The standard InChI is InChI=1S/C22H29N3O3.HI/c1-23-22(24-12-11-17-9-10-19(27-2)13-20(17)26)25-14-18-5-3-4-6-21(18)28-15-16-7-8-16;/h3-6,9-10,13,16,26H,7-8,11-12,14-15H2,1-2H3,(H2,23,24,25);1H. The third kappa shape index (κ3) is 7.30. The monoisotopic (exact) mass is 511 g/mol. The molecule has 0 spiro atoms. The highest BCUT2D eigenvalue weighted by molar-refractivity contribution is 14.0. The molecule has 2 aromatic carbocycles. The summed E-state index contributed by atoms with van der Waals surface area (Å²) in [7, 11) is 3.33. The van der Waals surface area contributed by atoms with Gasteiger partial charge in [-0.05, 0) is 42.9 Å². The third-order valence-corrected chi connectivity index (χ3v) is 4.79. The van der Waals surface area contributed by atoms with Gasteiger partial charge >= 0.3 is 0 Å². The summed E-state index contributed by atoms with van der Waals surface area (Å²) in [6.07, 6.45) is 3.24. The maximum atomic E-state index is 10.1. The van der Waals surface area contributed by atoms with Crippen LogP contribution in [0.15, 0.2) is 47.5 Å². The molecular weight excluding hydrogens is 481 g/mol. The fraction of sp³-hybridized carbons (Fsp3) is 0.409. The summed E-state index contributed by atoms with van der Waals surface area (Å²) in [4.78, 5) is 4.27. The van der Waals surface area contributed by atoms with E-state index in [-0.39, 0.29) is 29.7 Å². The van der Waals surface area contributed by atoms with Crippen molar-refractivity contribution in [2.75, 3.05) is 27.3 Å². The smallest absolute Gasteiger partial charge is 0.191 e. The molecule has 6 nitrogen and oxygen atoms in total. The molecule has 0 saturated heterocycles. The van der Waals surface area contributed by atoms with E-state index in [0.717, 1.165) is 29.4 Å². The fourth-order valence-corrected chi connectivity index (χ4v) is 2.88. The number of guanidine groups is 1. The molecule has 1 aliphatic rings. The summed E-state index contributed by atoms with van der Waals surface area (Å²) in [5, 5.41) is 16.7. The molecule has 0 heterocycles. The summed E-state index contributed by atoms with van der Waals surface area (Å²) in [5.74, 6) is 3.26. The Morgan fingerprint density at radius 1 is 1.14 bits per heavy atom. The van der Waals surface area contributed by atoms with Gasteiger partial charge in [0, 0.05) is 31.8 Å². The first kappa shape index (κ1) is 23.1. The van der Waals surface area contributed by atoms with Crippen molar-refractivity contribution in [3.05, 3.63) is 53.6 Å². The Morgan fingerprint density at radius 3 is 2.62 bits per heavy atom. The molecule has 7 heteroatoms. The number of halogens is 1. The van der Waals surface area contributed by atoms with Crippen LogP contribution in [-0.4, -0.2) is 38.4 Å². The number of aliphatic imine (C=N–C) groups is 1. The number of benzene rings is 2. The van der Waals surface area contributed by atoms with Crippen LogP contribution >= 0.6 is 24.0 Å². The Labute approximate surface area is 189 Å². The van der Waals surface area contributed by atoms with Gasteiger partial charge in [-0.25, -0.2) is 0 Å². The van der Waals surface area contributed by atoms with Crippen LogP contribution in [0.5, 0.6) is 17.2 Å². The predicted molar refractivity (Wildman–Crippen MR) is 127 cm³/mol. The fourth-order valence-electron chi connectivity index (χ4n) is 2.88. The van der Waals surface area contributed by atoms with Crippen LogP contribution in [0.2, 0.25) is 0 Å². The number of phenolic OH excluding ortho intramolecular Hbond substituents is 1. The number of aromatic hydroxyl groups is 1. The average molecular weight is 511 g/mol. The highest BCUT2D eigenvalue weighted by Gasteiger charge is 2.22. The molecule has 0 radical (unpaired) electrons. The van der Waals surface area contributed by atoms with Gasteiger partial charge in [0.1, 0.15) is 17.2 Å². The van der Waals surface area contributed by atoms with Crippen LogP contribution in [-0.2, 0) is 13.0 Å². The first-order valence-corrected chi connectivity index (χ1v) is 9.70. The van der Waals surface area contributed by atoms with Crippen molar-refractivity contribution < 1.29 is 14.6 Å². The van der Waals surface area contributed by atoms with Gasteiger partial charge in [-0.15, -0.1) is 24.0 Å². The highest BCUT2D eigenvalue weighted by Crippen LogP contribution is 2.30. The lowest BCUT2D eigenvalue weighted by Crippen LogP contribution is -2.37. The van der Waals surface area contributed by atoms with Crippen molar-refractivity contribution in [3.63, 3.8) is 0 Å². The summed E-state index contributed by atoms with van der Waals surface area (Å²) < 4.78 is 11.1. The van der Waals surface area contributed by atoms with Gasteiger partial charge in [0.05, 0.1) is 13.7 Å². The summed E-state index contributed by atoms with van der Waals surface area (Å²) in [6, 6.07) is 13.4. The lowest BCUT2D eigenvalue weighted by molar-refractivity contribution is 0.296. The number of methoxy groups -OCH3 is 1. The van der Waals surface area contributed by atoms with E-state index in [0.29, 0.717) is 31.2 Å². The first-order valence-electron chi connectivity index (χ1n) is 9.70. The Bertz CT molecular complexity index is 810. The van der Waals surface area contributed by atoms with Gasteiger partial charge in [0.25, 0.3) is 0 Å². The topological polar surface area (TPSA) is 75.1 Å². The number of ether oxygens (including phenoxy) is 2. The molecule has 0 aliphatic heterocycles. The minimum atomic E-state index is 0. The SMILES string of the molecule is CN=C(NCCc1ccc(OC)cc1O)NCc1ccccc1OCC1CC1.I. The number of nitrogens with one attached hydrogen (secondary N) is 2.